The highest BCUT2D eigenvalue weighted by Crippen LogP contribution is 1.62. The van der Waals surface area contributed by atoms with E-state index in [2.05, 4.69) is 12.2 Å². The van der Waals surface area contributed by atoms with E-state index in [1.807, 2.05) is 6.92 Å². The Hall–Kier alpha value is -0.113. The van der Waals surface area contributed by atoms with Crippen LogP contribution in [0.3, 0.4) is 0 Å². The predicted octanol–water partition coefficient (Wildman–Crippen LogP) is 0.658. The zero-order chi connectivity index (χ0) is 4.99. The third kappa shape index (κ3) is 2.14. The average Bonchev–Trinajstić information content (AvgIpc) is 1.65. The fourth-order valence-electron chi connectivity index (χ4n) is 0.118. The molecule has 2 heteroatoms. The van der Waals surface area contributed by atoms with Gasteiger partial charge < -0.3 is 4.43 Å². The van der Waals surface area contributed by atoms with Gasteiger partial charge in [0.2, 0.25) is 8.65 Å². The highest BCUT2D eigenvalue weighted by Gasteiger charge is 1.76. The molecule has 0 aromatic rings. The van der Waals surface area contributed by atoms with Gasteiger partial charge in [-0.1, -0.05) is 5.67 Å². The summed E-state index contributed by atoms with van der Waals surface area (Å²) in [6, 6.07) is 0. The van der Waals surface area contributed by atoms with Crippen LogP contribution in [-0.4, -0.2) is 21.4 Å². The Morgan fingerprint density at radius 1 is 1.67 bits per heavy atom. The maximum atomic E-state index is 4.95. The van der Waals surface area contributed by atoms with Crippen LogP contribution in [0.15, 0.2) is 0 Å². The molecule has 1 nitrogen and oxygen atoms in total. The van der Waals surface area contributed by atoms with Crippen LogP contribution < -0.4 is 0 Å². The molecule has 36 valence electrons. The summed E-state index contributed by atoms with van der Waals surface area (Å²) in [4.78, 5) is 0. The molecule has 0 radical (unpaired) electrons. The number of hydrogen-bond acceptors (Lipinski definition) is 1. The lowest BCUT2D eigenvalue weighted by Crippen LogP contribution is -1.98. The maximum absolute atomic E-state index is 4.95. The summed E-state index contributed by atoms with van der Waals surface area (Å²) in [5.74, 6) is 0. The molecule has 0 saturated carbocycles. The maximum Gasteiger partial charge on any atom is 0.223 e. The third-order valence-corrected chi connectivity index (χ3v) is 2.19. The molecule has 0 aromatic heterocycles. The largest absolute Gasteiger partial charge is 0.554 e. The second kappa shape index (κ2) is 3.09. The van der Waals surface area contributed by atoms with E-state index < -0.39 is 8.65 Å². The van der Waals surface area contributed by atoms with Crippen LogP contribution in [0.2, 0.25) is 6.55 Å². The van der Waals surface area contributed by atoms with Crippen LogP contribution in [0.1, 0.15) is 6.92 Å². The minimum Gasteiger partial charge on any atom is -0.554 e. The topological polar surface area (TPSA) is 9.23 Å². The van der Waals surface area contributed by atoms with Crippen LogP contribution in [-0.2, 0) is 4.43 Å². The van der Waals surface area contributed by atoms with Gasteiger partial charge >= 0.3 is 0 Å². The van der Waals surface area contributed by atoms with Gasteiger partial charge in [-0.2, -0.15) is 0 Å². The standard InChI is InChI=1S/C4H10OSi/c1-4-6(3)5-2/h4H,1-3H3. The molecule has 0 fully saturated rings. The van der Waals surface area contributed by atoms with Gasteiger partial charge in [-0.05, 0) is 13.5 Å². The van der Waals surface area contributed by atoms with Crippen LogP contribution in [0.25, 0.3) is 0 Å². The molecule has 0 amide bonds. The third-order valence-electron chi connectivity index (χ3n) is 0.729. The summed E-state index contributed by atoms with van der Waals surface area (Å²) in [6.07, 6.45) is 0. The van der Waals surface area contributed by atoms with Gasteiger partial charge in [0.05, 0.1) is 7.11 Å². The molecule has 0 N–H and O–H groups in total. The Morgan fingerprint density at radius 2 is 2.17 bits per heavy atom. The lowest BCUT2D eigenvalue weighted by atomic mass is 11.0. The van der Waals surface area contributed by atoms with Crippen LogP contribution in [0.4, 0.5) is 0 Å². The highest BCUT2D eigenvalue weighted by molar-refractivity contribution is 6.58. The first kappa shape index (κ1) is 5.89. The Morgan fingerprint density at radius 3 is 2.17 bits per heavy atom. The van der Waals surface area contributed by atoms with Crippen molar-refractivity contribution in [1.82, 2.24) is 0 Å². The molecular formula is C4H10OSi. The molecule has 0 saturated heterocycles. The van der Waals surface area contributed by atoms with Crippen molar-refractivity contribution < 1.29 is 4.43 Å². The molecular weight excluding hydrogens is 92.1 g/mol. The Balaban J connectivity index is 3.22. The van der Waals surface area contributed by atoms with Crippen molar-refractivity contribution >= 4 is 14.3 Å². The van der Waals surface area contributed by atoms with E-state index in [1.165, 1.54) is 0 Å². The van der Waals surface area contributed by atoms with Gasteiger partial charge in [0.25, 0.3) is 0 Å². The minimum absolute atomic E-state index is 0.493. The molecule has 0 aromatic carbocycles. The predicted molar refractivity (Wildman–Crippen MR) is 30.4 cm³/mol. The second-order valence-corrected chi connectivity index (χ2v) is 3.31. The van der Waals surface area contributed by atoms with Gasteiger partial charge in [0.15, 0.2) is 0 Å². The first-order valence-corrected chi connectivity index (χ1v) is 3.96. The van der Waals surface area contributed by atoms with E-state index in [0.717, 1.165) is 0 Å². The molecule has 0 bridgehead atoms. The van der Waals surface area contributed by atoms with Crippen molar-refractivity contribution in [2.45, 2.75) is 13.5 Å². The SMILES string of the molecule is CC=[Si](C)OC. The molecule has 0 aliphatic heterocycles. The fraction of sp³-hybridized carbons (Fsp3) is 0.750. The summed E-state index contributed by atoms with van der Waals surface area (Å²) in [5, 5.41) is 0. The van der Waals surface area contributed by atoms with Crippen LogP contribution >= 0.6 is 0 Å². The molecule has 0 rings (SSSR count). The van der Waals surface area contributed by atoms with Gasteiger partial charge in [-0.25, -0.2) is 0 Å². The summed E-state index contributed by atoms with van der Waals surface area (Å²) in [7, 11) is 1.25. The van der Waals surface area contributed by atoms with Crippen molar-refractivity contribution in [2.75, 3.05) is 7.11 Å². The lowest BCUT2D eigenvalue weighted by molar-refractivity contribution is 0.442. The molecule has 0 atom stereocenters. The molecule has 0 aliphatic carbocycles. The quantitative estimate of drug-likeness (QED) is 0.442. The van der Waals surface area contributed by atoms with Gasteiger partial charge in [-0.15, -0.1) is 0 Å². The molecule has 0 aliphatic rings. The van der Waals surface area contributed by atoms with Crippen molar-refractivity contribution in [2.24, 2.45) is 0 Å². The fourth-order valence-corrected chi connectivity index (χ4v) is 0.354. The van der Waals surface area contributed by atoms with E-state index in [9.17, 15) is 0 Å². The first-order valence-electron chi connectivity index (χ1n) is 1.98. The summed E-state index contributed by atoms with van der Waals surface area (Å²) < 4.78 is 4.95. The van der Waals surface area contributed by atoms with Crippen molar-refractivity contribution in [3.05, 3.63) is 0 Å². The summed E-state index contributed by atoms with van der Waals surface area (Å²) in [6.45, 7) is 4.13. The van der Waals surface area contributed by atoms with E-state index in [0.29, 0.717) is 0 Å². The Labute approximate surface area is 40.3 Å². The monoisotopic (exact) mass is 102 g/mol. The smallest absolute Gasteiger partial charge is 0.223 e. The van der Waals surface area contributed by atoms with Crippen LogP contribution in [0.5, 0.6) is 0 Å². The lowest BCUT2D eigenvalue weighted by Gasteiger charge is -1.90. The Bertz CT molecular complexity index is 58.6. The van der Waals surface area contributed by atoms with Gasteiger partial charge in [0.1, 0.15) is 0 Å². The van der Waals surface area contributed by atoms with E-state index in [4.69, 9.17) is 4.43 Å². The summed E-state index contributed by atoms with van der Waals surface area (Å²) >= 11 is 0. The number of hydrogen-bond donors (Lipinski definition) is 0. The Kier molecular flexibility index (Phi) is 3.03. The van der Waals surface area contributed by atoms with Crippen molar-refractivity contribution in [3.8, 4) is 0 Å². The highest BCUT2D eigenvalue weighted by atomic mass is 28.3. The first-order chi connectivity index (χ1) is 2.81. The minimum atomic E-state index is -0.493. The molecule has 0 unspecified atom stereocenters. The van der Waals surface area contributed by atoms with Crippen molar-refractivity contribution in [1.29, 1.82) is 0 Å². The zero-order valence-corrected chi connectivity index (χ0v) is 5.49. The summed E-state index contributed by atoms with van der Waals surface area (Å²) in [5.41, 5.74) is 2.10. The van der Waals surface area contributed by atoms with Crippen LogP contribution in [0, 0.1) is 0 Å². The van der Waals surface area contributed by atoms with E-state index in [-0.39, 0.29) is 0 Å². The van der Waals surface area contributed by atoms with Gasteiger partial charge in [-0.3, -0.25) is 0 Å². The van der Waals surface area contributed by atoms with Crippen molar-refractivity contribution in [3.63, 3.8) is 0 Å². The normalized spacial score (nSPS) is 11.5. The molecule has 0 heterocycles. The van der Waals surface area contributed by atoms with E-state index in [1.54, 1.807) is 7.11 Å². The number of rotatable bonds is 1. The zero-order valence-electron chi connectivity index (χ0n) is 4.49. The van der Waals surface area contributed by atoms with E-state index >= 15 is 0 Å². The second-order valence-electron chi connectivity index (χ2n) is 1.10. The van der Waals surface area contributed by atoms with Gasteiger partial charge in [0, 0.05) is 0 Å². The molecule has 6 heavy (non-hydrogen) atoms. The average molecular weight is 102 g/mol. The molecule has 0 spiro atoms.